The van der Waals surface area contributed by atoms with Gasteiger partial charge >= 0.3 is 0 Å². The Morgan fingerprint density at radius 3 is 2.73 bits per heavy atom. The maximum absolute atomic E-state index is 13.8. The van der Waals surface area contributed by atoms with Crippen molar-refractivity contribution in [1.29, 1.82) is 0 Å². The summed E-state index contributed by atoms with van der Waals surface area (Å²) in [4.78, 5) is 2.52. The van der Waals surface area contributed by atoms with Gasteiger partial charge in [-0.2, -0.15) is 5.10 Å². The Labute approximate surface area is 158 Å². The number of nitrogens with zero attached hydrogens (tertiary/aromatic N) is 3. The fourth-order valence-electron chi connectivity index (χ4n) is 4.20. The molecule has 1 aromatic carbocycles. The van der Waals surface area contributed by atoms with E-state index >= 15 is 0 Å². The topological polar surface area (TPSA) is 45.1 Å². The molecule has 5 nitrogen and oxygen atoms in total. The molecule has 2 aromatic rings. The molecule has 2 atom stereocenters. The van der Waals surface area contributed by atoms with Crippen LogP contribution in [0.2, 0.25) is 0 Å². The maximum Gasteiger partial charge on any atom is 0.171 e. The van der Waals surface area contributed by atoms with Crippen LogP contribution in [0.1, 0.15) is 31.2 Å². The highest BCUT2D eigenvalue weighted by Crippen LogP contribution is 2.34. The minimum absolute atomic E-state index is 0.216. The van der Waals surface area contributed by atoms with Crippen LogP contribution in [0.15, 0.2) is 36.7 Å². The third kappa shape index (κ3) is 3.73. The van der Waals surface area contributed by atoms with Crippen molar-refractivity contribution >= 4 is 23.0 Å². The highest BCUT2D eigenvalue weighted by molar-refractivity contribution is 7.80. The molecular formula is C19H24FN5S. The second kappa shape index (κ2) is 7.32. The van der Waals surface area contributed by atoms with Gasteiger partial charge in [-0.15, -0.1) is 0 Å². The van der Waals surface area contributed by atoms with Crippen LogP contribution >= 0.6 is 12.2 Å². The van der Waals surface area contributed by atoms with Gasteiger partial charge in [0.25, 0.3) is 0 Å². The summed E-state index contributed by atoms with van der Waals surface area (Å²) < 4.78 is 15.5. The quantitative estimate of drug-likeness (QED) is 0.807. The highest BCUT2D eigenvalue weighted by atomic mass is 32.1. The molecule has 0 spiro atoms. The van der Waals surface area contributed by atoms with Crippen LogP contribution in [0.25, 0.3) is 0 Å². The summed E-state index contributed by atoms with van der Waals surface area (Å²) in [5.74, 6) is -0.216. The van der Waals surface area contributed by atoms with Crippen molar-refractivity contribution in [2.75, 3.05) is 12.4 Å². The first kappa shape index (κ1) is 17.4. The minimum Gasteiger partial charge on any atom is -0.360 e. The van der Waals surface area contributed by atoms with Crippen molar-refractivity contribution in [3.8, 4) is 0 Å². The molecule has 2 saturated heterocycles. The summed E-state index contributed by atoms with van der Waals surface area (Å²) in [5, 5.41) is 11.6. The molecule has 2 N–H and O–H groups in total. The number of nitrogens with one attached hydrogen (secondary N) is 2. The largest absolute Gasteiger partial charge is 0.360 e. The Kier molecular flexibility index (Phi) is 4.91. The molecule has 7 heteroatoms. The van der Waals surface area contributed by atoms with Gasteiger partial charge in [0.05, 0.1) is 18.4 Å². The van der Waals surface area contributed by atoms with Crippen molar-refractivity contribution in [3.05, 3.63) is 48.0 Å². The molecule has 2 bridgehead atoms. The van der Waals surface area contributed by atoms with E-state index in [1.807, 2.05) is 12.3 Å². The average Bonchev–Trinajstić information content (AvgIpc) is 3.10. The lowest BCUT2D eigenvalue weighted by Crippen LogP contribution is -2.49. The molecule has 0 saturated carbocycles. The number of rotatable bonds is 4. The number of hydrogen-bond acceptors (Lipinski definition) is 3. The van der Waals surface area contributed by atoms with Crippen molar-refractivity contribution in [1.82, 2.24) is 20.0 Å². The fraction of sp³-hybridized carbons (Fsp3) is 0.474. The molecule has 0 aliphatic carbocycles. The molecule has 1 aromatic heterocycles. The number of anilines is 1. The van der Waals surface area contributed by atoms with E-state index in [0.29, 0.717) is 35.3 Å². The van der Waals surface area contributed by atoms with Gasteiger partial charge < -0.3 is 15.5 Å². The van der Waals surface area contributed by atoms with Crippen molar-refractivity contribution < 1.29 is 4.39 Å². The second-order valence-corrected chi connectivity index (χ2v) is 7.74. The summed E-state index contributed by atoms with van der Waals surface area (Å²) >= 11 is 5.47. The van der Waals surface area contributed by atoms with E-state index in [1.165, 1.54) is 18.9 Å². The van der Waals surface area contributed by atoms with Crippen LogP contribution in [-0.4, -0.2) is 45.0 Å². The summed E-state index contributed by atoms with van der Waals surface area (Å²) in [7, 11) is 2.24. The average molecular weight is 374 g/mol. The Bertz CT molecular complexity index is 778. The van der Waals surface area contributed by atoms with E-state index in [4.69, 9.17) is 12.2 Å². The molecule has 0 unspecified atom stereocenters. The third-order valence-electron chi connectivity index (χ3n) is 5.61. The molecule has 2 aliphatic rings. The van der Waals surface area contributed by atoms with Crippen LogP contribution in [0.4, 0.5) is 10.1 Å². The van der Waals surface area contributed by atoms with Gasteiger partial charge in [-0.1, -0.05) is 18.2 Å². The van der Waals surface area contributed by atoms with Gasteiger partial charge in [0.1, 0.15) is 5.82 Å². The van der Waals surface area contributed by atoms with E-state index < -0.39 is 0 Å². The lowest BCUT2D eigenvalue weighted by atomic mass is 9.98. The standard InChI is InChI=1S/C19H24FN5S/c1-24-16-6-7-17(24)9-14(8-16)22-19(26)23-15-10-21-25(12-15)11-13-4-2-3-5-18(13)20/h2-5,10,12,14,16-17H,6-9,11H2,1H3,(H2,22,23,26)/t16-,17-/m1/s1. The smallest absolute Gasteiger partial charge is 0.171 e. The van der Waals surface area contributed by atoms with Gasteiger partial charge in [-0.3, -0.25) is 4.68 Å². The fourth-order valence-corrected chi connectivity index (χ4v) is 4.48. The zero-order chi connectivity index (χ0) is 18.1. The van der Waals surface area contributed by atoms with Gasteiger partial charge in [-0.25, -0.2) is 4.39 Å². The van der Waals surface area contributed by atoms with E-state index in [9.17, 15) is 4.39 Å². The number of fused-ring (bicyclic) bond motifs is 2. The summed E-state index contributed by atoms with van der Waals surface area (Å²) in [6, 6.07) is 8.53. The zero-order valence-electron chi connectivity index (χ0n) is 14.9. The first-order valence-electron chi connectivity index (χ1n) is 9.14. The lowest BCUT2D eigenvalue weighted by Gasteiger charge is -2.37. The maximum atomic E-state index is 13.8. The lowest BCUT2D eigenvalue weighted by molar-refractivity contribution is 0.156. The van der Waals surface area contributed by atoms with Gasteiger partial charge in [0.15, 0.2) is 5.11 Å². The molecule has 26 heavy (non-hydrogen) atoms. The predicted octanol–water partition coefficient (Wildman–Crippen LogP) is 2.98. The van der Waals surface area contributed by atoms with Crippen LogP contribution in [-0.2, 0) is 6.54 Å². The number of piperidine rings is 1. The Morgan fingerprint density at radius 1 is 1.27 bits per heavy atom. The number of hydrogen-bond donors (Lipinski definition) is 2. The third-order valence-corrected chi connectivity index (χ3v) is 5.83. The number of thiocarbonyl (C=S) groups is 1. The molecule has 4 rings (SSSR count). The zero-order valence-corrected chi connectivity index (χ0v) is 15.7. The van der Waals surface area contributed by atoms with Crippen molar-refractivity contribution in [2.24, 2.45) is 0 Å². The predicted molar refractivity (Wildman–Crippen MR) is 105 cm³/mol. The monoisotopic (exact) mass is 373 g/mol. The number of halogens is 1. The Balaban J connectivity index is 1.31. The molecule has 138 valence electrons. The Hall–Kier alpha value is -1.99. The molecule has 2 aliphatic heterocycles. The summed E-state index contributed by atoms with van der Waals surface area (Å²) in [6.45, 7) is 0.396. The first-order valence-corrected chi connectivity index (χ1v) is 9.54. The van der Waals surface area contributed by atoms with Gasteiger partial charge in [0.2, 0.25) is 0 Å². The van der Waals surface area contributed by atoms with E-state index in [0.717, 1.165) is 18.5 Å². The SMILES string of the molecule is CN1[C@@H]2CC[C@@H]1CC(NC(=S)Nc1cnn(Cc3ccccc3F)c1)C2. The van der Waals surface area contributed by atoms with Crippen LogP contribution < -0.4 is 10.6 Å². The summed E-state index contributed by atoms with van der Waals surface area (Å²) in [5.41, 5.74) is 1.43. The summed E-state index contributed by atoms with van der Waals surface area (Å²) in [6.07, 6.45) is 8.43. The first-order chi connectivity index (χ1) is 12.6. The molecule has 0 radical (unpaired) electrons. The molecule has 2 fully saturated rings. The Morgan fingerprint density at radius 2 is 2.00 bits per heavy atom. The highest BCUT2D eigenvalue weighted by Gasteiger charge is 2.38. The van der Waals surface area contributed by atoms with Crippen molar-refractivity contribution in [3.63, 3.8) is 0 Å². The van der Waals surface area contributed by atoms with Gasteiger partial charge in [0, 0.05) is 29.9 Å². The second-order valence-electron chi connectivity index (χ2n) is 7.34. The minimum atomic E-state index is -0.216. The number of aromatic nitrogens is 2. The molecule has 3 heterocycles. The van der Waals surface area contributed by atoms with Crippen LogP contribution in [0, 0.1) is 5.82 Å². The normalized spacial score (nSPS) is 25.2. The molecule has 0 amide bonds. The van der Waals surface area contributed by atoms with Gasteiger partial charge in [-0.05, 0) is 51.0 Å². The van der Waals surface area contributed by atoms with E-state index in [2.05, 4.69) is 27.7 Å². The number of benzene rings is 1. The van der Waals surface area contributed by atoms with Crippen molar-refractivity contribution in [2.45, 2.75) is 50.4 Å². The van der Waals surface area contributed by atoms with E-state index in [-0.39, 0.29) is 5.82 Å². The van der Waals surface area contributed by atoms with Crippen LogP contribution in [0.3, 0.4) is 0 Å². The van der Waals surface area contributed by atoms with E-state index in [1.54, 1.807) is 23.0 Å². The molecular weight excluding hydrogens is 349 g/mol. The van der Waals surface area contributed by atoms with Crippen LogP contribution in [0.5, 0.6) is 0 Å².